The third-order valence-electron chi connectivity index (χ3n) is 5.25. The Morgan fingerprint density at radius 1 is 1.10 bits per heavy atom. The lowest BCUT2D eigenvalue weighted by atomic mass is 9.86. The van der Waals surface area contributed by atoms with Gasteiger partial charge in [-0.05, 0) is 16.7 Å². The second kappa shape index (κ2) is 7.01. The molecule has 0 saturated heterocycles. The van der Waals surface area contributed by atoms with Crippen molar-refractivity contribution < 1.29 is 9.32 Å². The van der Waals surface area contributed by atoms with E-state index >= 15 is 0 Å². The van der Waals surface area contributed by atoms with Crippen LogP contribution in [-0.4, -0.2) is 37.3 Å². The van der Waals surface area contributed by atoms with E-state index in [0.717, 1.165) is 16.7 Å². The van der Waals surface area contributed by atoms with Gasteiger partial charge in [0.2, 0.25) is 5.82 Å². The fourth-order valence-corrected chi connectivity index (χ4v) is 3.82. The number of aromatic nitrogens is 4. The molecule has 0 fully saturated rings. The van der Waals surface area contributed by atoms with Gasteiger partial charge in [-0.3, -0.25) is 9.48 Å². The number of amides is 1. The maximum Gasteiger partial charge on any atom is 0.316 e. The molecule has 7 heteroatoms. The lowest BCUT2D eigenvalue weighted by molar-refractivity contribution is 0.0674. The van der Waals surface area contributed by atoms with Crippen molar-refractivity contribution in [1.82, 2.24) is 24.8 Å². The third-order valence-corrected chi connectivity index (χ3v) is 5.25. The SMILES string of the molecule is Cn1cc(C2CN(C(=O)c3nc(-c4ccccc4)no3)Cc3ccccc32)cn1. The van der Waals surface area contributed by atoms with Gasteiger partial charge >= 0.3 is 11.8 Å². The van der Waals surface area contributed by atoms with Gasteiger partial charge in [-0.2, -0.15) is 10.1 Å². The van der Waals surface area contributed by atoms with Crippen molar-refractivity contribution in [2.75, 3.05) is 6.54 Å². The Morgan fingerprint density at radius 2 is 1.90 bits per heavy atom. The molecule has 144 valence electrons. The van der Waals surface area contributed by atoms with Crippen LogP contribution in [0.4, 0.5) is 0 Å². The molecule has 1 aliphatic heterocycles. The first-order valence-corrected chi connectivity index (χ1v) is 9.44. The summed E-state index contributed by atoms with van der Waals surface area (Å²) in [6, 6.07) is 17.7. The van der Waals surface area contributed by atoms with Crippen LogP contribution in [0.5, 0.6) is 0 Å². The van der Waals surface area contributed by atoms with E-state index in [4.69, 9.17) is 4.52 Å². The Labute approximate surface area is 167 Å². The molecule has 7 nitrogen and oxygen atoms in total. The highest BCUT2D eigenvalue weighted by atomic mass is 16.5. The van der Waals surface area contributed by atoms with Gasteiger partial charge in [0.25, 0.3) is 0 Å². The highest BCUT2D eigenvalue weighted by Crippen LogP contribution is 2.33. The van der Waals surface area contributed by atoms with E-state index in [1.807, 2.05) is 61.9 Å². The van der Waals surface area contributed by atoms with Crippen LogP contribution in [0.3, 0.4) is 0 Å². The summed E-state index contributed by atoms with van der Waals surface area (Å²) in [7, 11) is 1.89. The first-order valence-electron chi connectivity index (χ1n) is 9.44. The third kappa shape index (κ3) is 3.20. The maximum atomic E-state index is 13.1. The predicted molar refractivity (Wildman–Crippen MR) is 106 cm³/mol. The number of hydrogen-bond acceptors (Lipinski definition) is 5. The number of carbonyl (C=O) groups excluding carboxylic acids is 1. The Morgan fingerprint density at radius 3 is 2.69 bits per heavy atom. The van der Waals surface area contributed by atoms with Crippen molar-refractivity contribution in [3.8, 4) is 11.4 Å². The van der Waals surface area contributed by atoms with Gasteiger partial charge in [0, 0.05) is 37.8 Å². The summed E-state index contributed by atoms with van der Waals surface area (Å²) in [6.07, 6.45) is 3.85. The lowest BCUT2D eigenvalue weighted by Crippen LogP contribution is -2.38. The van der Waals surface area contributed by atoms with E-state index in [9.17, 15) is 4.79 Å². The van der Waals surface area contributed by atoms with Crippen LogP contribution in [0.2, 0.25) is 0 Å². The van der Waals surface area contributed by atoms with E-state index in [1.54, 1.807) is 9.58 Å². The highest BCUT2D eigenvalue weighted by Gasteiger charge is 2.32. The molecule has 29 heavy (non-hydrogen) atoms. The summed E-state index contributed by atoms with van der Waals surface area (Å²) in [5, 5.41) is 8.28. The van der Waals surface area contributed by atoms with Crippen LogP contribution in [0, 0.1) is 0 Å². The molecule has 1 atom stereocenters. The van der Waals surface area contributed by atoms with E-state index in [0.29, 0.717) is 18.9 Å². The molecule has 0 spiro atoms. The molecule has 0 bridgehead atoms. The van der Waals surface area contributed by atoms with Crippen molar-refractivity contribution in [2.45, 2.75) is 12.5 Å². The average Bonchev–Trinajstić information content (AvgIpc) is 3.42. The fraction of sp³-hybridized carbons (Fsp3) is 0.182. The van der Waals surface area contributed by atoms with Crippen LogP contribution in [-0.2, 0) is 13.6 Å². The topological polar surface area (TPSA) is 77.0 Å². The number of carbonyl (C=O) groups is 1. The number of benzene rings is 2. The van der Waals surface area contributed by atoms with Gasteiger partial charge in [0.1, 0.15) is 0 Å². The molecular formula is C22H19N5O2. The normalized spacial score (nSPS) is 15.9. The Kier molecular flexibility index (Phi) is 4.20. The van der Waals surface area contributed by atoms with Crippen LogP contribution >= 0.6 is 0 Å². The molecule has 4 aromatic rings. The number of fused-ring (bicyclic) bond motifs is 1. The number of nitrogens with zero attached hydrogens (tertiary/aromatic N) is 5. The zero-order valence-corrected chi connectivity index (χ0v) is 15.9. The molecule has 2 aromatic carbocycles. The molecule has 0 saturated carbocycles. The van der Waals surface area contributed by atoms with E-state index < -0.39 is 0 Å². The molecular weight excluding hydrogens is 366 g/mol. The van der Waals surface area contributed by atoms with Gasteiger partial charge in [0.05, 0.1) is 6.20 Å². The van der Waals surface area contributed by atoms with Crippen LogP contribution in [0.25, 0.3) is 11.4 Å². The summed E-state index contributed by atoms with van der Waals surface area (Å²) in [6.45, 7) is 1.04. The molecule has 3 heterocycles. The molecule has 0 radical (unpaired) electrons. The van der Waals surface area contributed by atoms with Gasteiger partial charge < -0.3 is 9.42 Å². The summed E-state index contributed by atoms with van der Waals surface area (Å²) in [5.41, 5.74) is 4.23. The van der Waals surface area contributed by atoms with E-state index in [2.05, 4.69) is 27.4 Å². The number of rotatable bonds is 3. The fourth-order valence-electron chi connectivity index (χ4n) is 3.82. The van der Waals surface area contributed by atoms with Crippen molar-refractivity contribution in [2.24, 2.45) is 7.05 Å². The van der Waals surface area contributed by atoms with Crippen molar-refractivity contribution in [3.05, 3.63) is 89.6 Å². The zero-order chi connectivity index (χ0) is 19.8. The minimum absolute atomic E-state index is 0.00757. The van der Waals surface area contributed by atoms with E-state index in [-0.39, 0.29) is 17.7 Å². The monoisotopic (exact) mass is 385 g/mol. The standard InChI is InChI=1S/C22H19N5O2/c1-26-12-17(11-23-26)19-14-27(13-16-9-5-6-10-18(16)19)22(28)21-24-20(25-29-21)15-7-3-2-4-8-15/h2-12,19H,13-14H2,1H3. The predicted octanol–water partition coefficient (Wildman–Crippen LogP) is 3.26. The smallest absolute Gasteiger partial charge is 0.316 e. The van der Waals surface area contributed by atoms with Crippen LogP contribution in [0.15, 0.2) is 71.5 Å². The second-order valence-corrected chi connectivity index (χ2v) is 7.17. The maximum absolute atomic E-state index is 13.1. The summed E-state index contributed by atoms with van der Waals surface area (Å²) < 4.78 is 7.08. The van der Waals surface area contributed by atoms with Crippen molar-refractivity contribution >= 4 is 5.91 Å². The molecule has 1 amide bonds. The van der Waals surface area contributed by atoms with Crippen LogP contribution < -0.4 is 0 Å². The number of aryl methyl sites for hydroxylation is 1. The average molecular weight is 385 g/mol. The highest BCUT2D eigenvalue weighted by molar-refractivity contribution is 5.90. The molecule has 2 aromatic heterocycles. The quantitative estimate of drug-likeness (QED) is 0.541. The van der Waals surface area contributed by atoms with Crippen molar-refractivity contribution in [3.63, 3.8) is 0 Å². The van der Waals surface area contributed by atoms with Gasteiger partial charge in [-0.1, -0.05) is 59.8 Å². The van der Waals surface area contributed by atoms with Crippen LogP contribution in [0.1, 0.15) is 33.3 Å². The molecule has 1 unspecified atom stereocenters. The largest absolute Gasteiger partial charge is 0.329 e. The first kappa shape index (κ1) is 17.4. The molecule has 0 aliphatic carbocycles. The van der Waals surface area contributed by atoms with Gasteiger partial charge in [-0.15, -0.1) is 0 Å². The second-order valence-electron chi connectivity index (χ2n) is 7.17. The molecule has 0 N–H and O–H groups in total. The number of hydrogen-bond donors (Lipinski definition) is 0. The van der Waals surface area contributed by atoms with E-state index in [1.165, 1.54) is 5.56 Å². The minimum atomic E-state index is -0.261. The lowest BCUT2D eigenvalue weighted by Gasteiger charge is -2.33. The summed E-state index contributed by atoms with van der Waals surface area (Å²) in [5.74, 6) is 0.209. The summed E-state index contributed by atoms with van der Waals surface area (Å²) in [4.78, 5) is 19.2. The molecule has 1 aliphatic rings. The van der Waals surface area contributed by atoms with Gasteiger partial charge in [0.15, 0.2) is 0 Å². The van der Waals surface area contributed by atoms with Crippen molar-refractivity contribution in [1.29, 1.82) is 0 Å². The molecule has 5 rings (SSSR count). The first-order chi connectivity index (χ1) is 14.2. The summed E-state index contributed by atoms with van der Waals surface area (Å²) >= 11 is 0. The minimum Gasteiger partial charge on any atom is -0.329 e. The zero-order valence-electron chi connectivity index (χ0n) is 15.9. The Hall–Kier alpha value is -3.74. The Bertz CT molecular complexity index is 1160. The van der Waals surface area contributed by atoms with Gasteiger partial charge in [-0.25, -0.2) is 0 Å². The Balaban J connectivity index is 1.46.